The van der Waals surface area contributed by atoms with Crippen molar-refractivity contribution in [3.05, 3.63) is 0 Å². The Kier molecular flexibility index (Phi) is 6.06. The highest BCUT2D eigenvalue weighted by Crippen LogP contribution is 2.27. The Morgan fingerprint density at radius 2 is 1.43 bits per heavy atom. The molecule has 0 radical (unpaired) electrons. The molecule has 0 saturated carbocycles. The molecular formula is C12H18O9. The van der Waals surface area contributed by atoms with Crippen molar-refractivity contribution >= 4 is 17.9 Å². The zero-order chi connectivity index (χ0) is 16.2. The van der Waals surface area contributed by atoms with Crippen LogP contribution in [-0.2, 0) is 33.3 Å². The molecule has 0 bridgehead atoms. The largest absolute Gasteiger partial charge is 0.455 e. The topological polar surface area (TPSA) is 129 Å². The zero-order valence-corrected chi connectivity index (χ0v) is 11.8. The molecule has 1 fully saturated rings. The molecular weight excluding hydrogens is 288 g/mol. The quantitative estimate of drug-likeness (QED) is 0.470. The number of rotatable bonds is 4. The molecule has 120 valence electrons. The number of aliphatic hydroxyl groups is 2. The summed E-state index contributed by atoms with van der Waals surface area (Å²) in [6, 6.07) is 0. The molecule has 1 saturated heterocycles. The van der Waals surface area contributed by atoms with Gasteiger partial charge < -0.3 is 29.2 Å². The van der Waals surface area contributed by atoms with E-state index in [1.165, 1.54) is 0 Å². The summed E-state index contributed by atoms with van der Waals surface area (Å²) >= 11 is 0. The van der Waals surface area contributed by atoms with E-state index in [-0.39, 0.29) is 0 Å². The normalized spacial score (nSPS) is 32.1. The monoisotopic (exact) mass is 306 g/mol. The predicted molar refractivity (Wildman–Crippen MR) is 64.6 cm³/mol. The number of hydrogen-bond donors (Lipinski definition) is 2. The van der Waals surface area contributed by atoms with Gasteiger partial charge in [0.25, 0.3) is 0 Å². The van der Waals surface area contributed by atoms with Crippen molar-refractivity contribution in [3.8, 4) is 0 Å². The second kappa shape index (κ2) is 7.34. The van der Waals surface area contributed by atoms with Crippen molar-refractivity contribution in [1.29, 1.82) is 0 Å². The van der Waals surface area contributed by atoms with Gasteiger partial charge in [0.2, 0.25) is 12.4 Å². The highest BCUT2D eigenvalue weighted by Gasteiger charge is 2.50. The summed E-state index contributed by atoms with van der Waals surface area (Å²) in [5.74, 6) is -2.21. The van der Waals surface area contributed by atoms with Gasteiger partial charge in [-0.25, -0.2) is 0 Å². The van der Waals surface area contributed by atoms with Crippen molar-refractivity contribution in [3.63, 3.8) is 0 Å². The second-order valence-electron chi connectivity index (χ2n) is 4.47. The molecule has 0 unspecified atom stereocenters. The molecule has 1 heterocycles. The first kappa shape index (κ1) is 17.3. The molecule has 1 rings (SSSR count). The summed E-state index contributed by atoms with van der Waals surface area (Å²) in [4.78, 5) is 33.3. The first-order chi connectivity index (χ1) is 9.76. The Morgan fingerprint density at radius 3 is 1.86 bits per heavy atom. The Bertz CT molecular complexity index is 408. The minimum absolute atomic E-state index is 0.608. The maximum atomic E-state index is 11.1. The number of carbonyl (C=O) groups excluding carboxylic acids is 3. The lowest BCUT2D eigenvalue weighted by Crippen LogP contribution is -2.61. The third kappa shape index (κ3) is 4.66. The average Bonchev–Trinajstić information content (AvgIpc) is 2.35. The van der Waals surface area contributed by atoms with Gasteiger partial charge in [-0.2, -0.15) is 0 Å². The van der Waals surface area contributed by atoms with Gasteiger partial charge in [-0.15, -0.1) is 0 Å². The minimum atomic E-state index is -1.45. The standard InChI is InChI=1S/C12H18O9/c1-5(14)18-10-9(17)8(4-13)21-12(20-7(3)16)11(10)19-6(2)15/h8-13,17H,4H2,1-3H3/t8-,9+,10+,11-,12-/m1/s1. The molecule has 21 heavy (non-hydrogen) atoms. The van der Waals surface area contributed by atoms with E-state index < -0.39 is 55.2 Å². The third-order valence-corrected chi connectivity index (χ3v) is 2.68. The highest BCUT2D eigenvalue weighted by molar-refractivity contribution is 5.68. The Labute approximate surface area is 120 Å². The second-order valence-corrected chi connectivity index (χ2v) is 4.47. The molecule has 1 aliphatic rings. The third-order valence-electron chi connectivity index (χ3n) is 2.68. The average molecular weight is 306 g/mol. The van der Waals surface area contributed by atoms with Crippen LogP contribution < -0.4 is 0 Å². The van der Waals surface area contributed by atoms with Gasteiger partial charge in [-0.1, -0.05) is 0 Å². The molecule has 0 amide bonds. The summed E-state index contributed by atoms with van der Waals surface area (Å²) in [7, 11) is 0. The van der Waals surface area contributed by atoms with E-state index in [1.54, 1.807) is 0 Å². The Morgan fingerprint density at radius 1 is 0.952 bits per heavy atom. The van der Waals surface area contributed by atoms with Crippen LogP contribution in [0.1, 0.15) is 20.8 Å². The zero-order valence-electron chi connectivity index (χ0n) is 11.8. The van der Waals surface area contributed by atoms with Gasteiger partial charge in [0.15, 0.2) is 6.10 Å². The SMILES string of the molecule is CC(=O)O[C@@H]1O[C@H](CO)[C@H](O)[C@H](OC(C)=O)[C@H]1OC(C)=O. The lowest BCUT2D eigenvalue weighted by atomic mass is 9.98. The van der Waals surface area contributed by atoms with Crippen molar-refractivity contribution in [2.75, 3.05) is 6.61 Å². The summed E-state index contributed by atoms with van der Waals surface area (Å²) in [6.45, 7) is 2.69. The fourth-order valence-electron chi connectivity index (χ4n) is 1.94. The fraction of sp³-hybridized carbons (Fsp3) is 0.750. The van der Waals surface area contributed by atoms with Crippen molar-refractivity contribution in [1.82, 2.24) is 0 Å². The first-order valence-electron chi connectivity index (χ1n) is 6.22. The molecule has 5 atom stereocenters. The summed E-state index contributed by atoms with van der Waals surface area (Å²) in [5.41, 5.74) is 0. The van der Waals surface area contributed by atoms with Gasteiger partial charge >= 0.3 is 17.9 Å². The van der Waals surface area contributed by atoms with E-state index in [2.05, 4.69) is 0 Å². The van der Waals surface area contributed by atoms with Crippen LogP contribution >= 0.6 is 0 Å². The van der Waals surface area contributed by atoms with E-state index >= 15 is 0 Å². The molecule has 9 heteroatoms. The van der Waals surface area contributed by atoms with Crippen LogP contribution in [0, 0.1) is 0 Å². The lowest BCUT2D eigenvalue weighted by molar-refractivity contribution is -0.297. The van der Waals surface area contributed by atoms with Gasteiger partial charge in [-0.3, -0.25) is 14.4 Å². The Balaban J connectivity index is 3.05. The maximum Gasteiger partial charge on any atom is 0.305 e. The van der Waals surface area contributed by atoms with E-state index in [4.69, 9.17) is 24.1 Å². The van der Waals surface area contributed by atoms with Gasteiger partial charge in [0.05, 0.1) is 6.61 Å². The van der Waals surface area contributed by atoms with Crippen molar-refractivity contribution < 1.29 is 43.5 Å². The molecule has 0 aromatic heterocycles. The number of esters is 3. The van der Waals surface area contributed by atoms with Crippen molar-refractivity contribution in [2.45, 2.75) is 51.5 Å². The summed E-state index contributed by atoms with van der Waals surface area (Å²) in [5, 5.41) is 19.2. The Hall–Kier alpha value is -1.71. The fourth-order valence-corrected chi connectivity index (χ4v) is 1.94. The first-order valence-corrected chi connectivity index (χ1v) is 6.22. The molecule has 9 nitrogen and oxygen atoms in total. The van der Waals surface area contributed by atoms with Gasteiger partial charge in [-0.05, 0) is 0 Å². The number of ether oxygens (including phenoxy) is 4. The van der Waals surface area contributed by atoms with Crippen LogP contribution in [0.3, 0.4) is 0 Å². The van der Waals surface area contributed by atoms with Crippen LogP contribution in [0.25, 0.3) is 0 Å². The number of hydrogen-bond acceptors (Lipinski definition) is 9. The van der Waals surface area contributed by atoms with Gasteiger partial charge in [0.1, 0.15) is 12.2 Å². The van der Waals surface area contributed by atoms with Crippen molar-refractivity contribution in [2.24, 2.45) is 0 Å². The van der Waals surface area contributed by atoms with Crippen LogP contribution in [0.4, 0.5) is 0 Å². The molecule has 0 aromatic rings. The van der Waals surface area contributed by atoms with E-state index in [1.807, 2.05) is 0 Å². The highest BCUT2D eigenvalue weighted by atomic mass is 16.7. The van der Waals surface area contributed by atoms with E-state index in [0.717, 1.165) is 20.8 Å². The van der Waals surface area contributed by atoms with E-state index in [9.17, 15) is 19.5 Å². The number of carbonyl (C=O) groups is 3. The summed E-state index contributed by atoms with van der Waals surface area (Å²) < 4.78 is 19.9. The maximum absolute atomic E-state index is 11.1. The predicted octanol–water partition coefficient (Wildman–Crippen LogP) is -1.51. The molecule has 1 aliphatic heterocycles. The van der Waals surface area contributed by atoms with Gasteiger partial charge in [0, 0.05) is 20.8 Å². The van der Waals surface area contributed by atoms with Crippen LogP contribution in [0.15, 0.2) is 0 Å². The smallest absolute Gasteiger partial charge is 0.305 e. The van der Waals surface area contributed by atoms with Crippen LogP contribution in [-0.4, -0.2) is 65.4 Å². The molecule has 0 aromatic carbocycles. The molecule has 2 N–H and O–H groups in total. The minimum Gasteiger partial charge on any atom is -0.455 e. The van der Waals surface area contributed by atoms with Crippen LogP contribution in [0.2, 0.25) is 0 Å². The molecule has 0 aliphatic carbocycles. The molecule has 0 spiro atoms. The lowest BCUT2D eigenvalue weighted by Gasteiger charge is -2.41. The summed E-state index contributed by atoms with van der Waals surface area (Å²) in [6.07, 6.45) is -6.69. The van der Waals surface area contributed by atoms with E-state index in [0.29, 0.717) is 0 Å². The number of aliphatic hydroxyl groups excluding tert-OH is 2. The van der Waals surface area contributed by atoms with Crippen LogP contribution in [0.5, 0.6) is 0 Å².